The van der Waals surface area contributed by atoms with Crippen LogP contribution in [0.2, 0.25) is 0 Å². The van der Waals surface area contributed by atoms with Gasteiger partial charge in [0.1, 0.15) is 16.5 Å². The van der Waals surface area contributed by atoms with E-state index in [1.807, 2.05) is 0 Å². The van der Waals surface area contributed by atoms with Crippen LogP contribution in [0, 0.1) is 11.6 Å². The second-order valence-corrected chi connectivity index (χ2v) is 7.81. The average Bonchev–Trinajstić information content (AvgIpc) is 2.60. The minimum absolute atomic E-state index is 0.0439. The smallest absolute Gasteiger partial charge is 0.243 e. The van der Waals surface area contributed by atoms with Crippen LogP contribution in [0.25, 0.3) is 0 Å². The monoisotopic (exact) mass is 380 g/mol. The Kier molecular flexibility index (Phi) is 5.33. The fraction of sp³-hybridized carbons (Fsp3) is 0.278. The molecule has 0 aliphatic carbocycles. The molecule has 2 aromatic rings. The van der Waals surface area contributed by atoms with Crippen molar-refractivity contribution in [1.29, 1.82) is 0 Å². The Bertz CT molecular complexity index is 932. The van der Waals surface area contributed by atoms with Crippen molar-refractivity contribution < 1.29 is 22.0 Å². The number of rotatable bonds is 5. The van der Waals surface area contributed by atoms with Gasteiger partial charge in [0, 0.05) is 31.3 Å². The zero-order valence-corrected chi connectivity index (χ0v) is 14.7. The van der Waals surface area contributed by atoms with E-state index in [-0.39, 0.29) is 12.5 Å². The second-order valence-electron chi connectivity index (χ2n) is 6.07. The lowest BCUT2D eigenvalue weighted by molar-refractivity contribution is -0.119. The molecule has 3 rings (SSSR count). The highest BCUT2D eigenvalue weighted by Gasteiger charge is 2.21. The summed E-state index contributed by atoms with van der Waals surface area (Å²) in [4.78, 5) is 13.1. The van der Waals surface area contributed by atoms with E-state index in [4.69, 9.17) is 0 Å². The summed E-state index contributed by atoms with van der Waals surface area (Å²) in [6.45, 7) is 0.559. The molecule has 1 heterocycles. The zero-order chi connectivity index (χ0) is 18.7. The zero-order valence-electron chi connectivity index (χ0n) is 13.9. The molecule has 0 radical (unpaired) electrons. The van der Waals surface area contributed by atoms with Gasteiger partial charge in [0.15, 0.2) is 0 Å². The molecule has 0 unspecified atom stereocenters. The minimum Gasteiger partial charge on any atom is -0.312 e. The Balaban J connectivity index is 1.75. The van der Waals surface area contributed by atoms with Crippen LogP contribution in [0.15, 0.2) is 47.4 Å². The molecule has 5 nitrogen and oxygen atoms in total. The fourth-order valence-electron chi connectivity index (χ4n) is 2.86. The third kappa shape index (κ3) is 4.08. The van der Waals surface area contributed by atoms with Crippen molar-refractivity contribution in [3.05, 3.63) is 59.7 Å². The number of sulfonamides is 1. The topological polar surface area (TPSA) is 66.5 Å². The van der Waals surface area contributed by atoms with E-state index in [1.165, 1.54) is 0 Å². The van der Waals surface area contributed by atoms with Gasteiger partial charge in [-0.15, -0.1) is 0 Å². The number of carbonyl (C=O) groups is 1. The number of anilines is 1. The van der Waals surface area contributed by atoms with Gasteiger partial charge in [0.25, 0.3) is 0 Å². The Morgan fingerprint density at radius 2 is 1.88 bits per heavy atom. The quantitative estimate of drug-likeness (QED) is 0.867. The predicted octanol–water partition coefficient (Wildman–Crippen LogP) is 2.96. The van der Waals surface area contributed by atoms with Crippen LogP contribution < -0.4 is 9.62 Å². The fourth-order valence-corrected chi connectivity index (χ4v) is 3.94. The van der Waals surface area contributed by atoms with Crippen LogP contribution in [0.5, 0.6) is 0 Å². The number of carbonyl (C=O) groups excluding carboxylic acids is 1. The van der Waals surface area contributed by atoms with Gasteiger partial charge in [-0.1, -0.05) is 12.1 Å². The molecular weight excluding hydrogens is 362 g/mol. The highest BCUT2D eigenvalue weighted by molar-refractivity contribution is 7.89. The molecule has 1 fully saturated rings. The second kappa shape index (κ2) is 7.51. The number of nitrogens with zero attached hydrogens (tertiary/aromatic N) is 1. The van der Waals surface area contributed by atoms with Crippen LogP contribution in [-0.4, -0.2) is 20.9 Å². The van der Waals surface area contributed by atoms with Gasteiger partial charge in [-0.25, -0.2) is 21.9 Å². The van der Waals surface area contributed by atoms with Gasteiger partial charge in [0.2, 0.25) is 15.9 Å². The number of nitrogens with one attached hydrogen (secondary N) is 1. The number of piperidine rings is 1. The summed E-state index contributed by atoms with van der Waals surface area (Å²) in [5, 5.41) is 0. The Morgan fingerprint density at radius 1 is 1.08 bits per heavy atom. The highest BCUT2D eigenvalue weighted by atomic mass is 32.2. The molecule has 1 N–H and O–H groups in total. The molecule has 1 aliphatic heterocycles. The van der Waals surface area contributed by atoms with Crippen molar-refractivity contribution >= 4 is 21.6 Å². The molecule has 0 aromatic heterocycles. The van der Waals surface area contributed by atoms with Gasteiger partial charge in [-0.3, -0.25) is 4.79 Å². The maximum absolute atomic E-state index is 13.7. The normalized spacial score (nSPS) is 15.3. The molecule has 8 heteroatoms. The molecule has 0 saturated carbocycles. The third-order valence-corrected chi connectivity index (χ3v) is 5.63. The maximum Gasteiger partial charge on any atom is 0.243 e. The number of hydrogen-bond acceptors (Lipinski definition) is 3. The Morgan fingerprint density at radius 3 is 2.62 bits per heavy atom. The SMILES string of the molecule is O=C1CCCCN1c1cccc(CNS(=O)(=O)c2ccc(F)cc2F)c1. The molecule has 26 heavy (non-hydrogen) atoms. The maximum atomic E-state index is 13.7. The summed E-state index contributed by atoms with van der Waals surface area (Å²) in [5.74, 6) is -1.95. The van der Waals surface area contributed by atoms with Crippen molar-refractivity contribution in [2.24, 2.45) is 0 Å². The Labute approximate surface area is 150 Å². The predicted molar refractivity (Wildman–Crippen MR) is 93.0 cm³/mol. The van der Waals surface area contributed by atoms with Crippen LogP contribution in [0.4, 0.5) is 14.5 Å². The van der Waals surface area contributed by atoms with Crippen molar-refractivity contribution in [2.75, 3.05) is 11.4 Å². The summed E-state index contributed by atoms with van der Waals surface area (Å²) in [5.41, 5.74) is 1.34. The summed E-state index contributed by atoms with van der Waals surface area (Å²) in [6.07, 6.45) is 2.30. The number of hydrogen-bond donors (Lipinski definition) is 1. The van der Waals surface area contributed by atoms with Crippen molar-refractivity contribution in [2.45, 2.75) is 30.7 Å². The van der Waals surface area contributed by atoms with E-state index >= 15 is 0 Å². The molecule has 0 spiro atoms. The Hall–Kier alpha value is -2.32. The van der Waals surface area contributed by atoms with Crippen LogP contribution in [0.1, 0.15) is 24.8 Å². The summed E-state index contributed by atoms with van der Waals surface area (Å²) < 4.78 is 53.4. The number of benzene rings is 2. The van der Waals surface area contributed by atoms with Crippen LogP contribution in [-0.2, 0) is 21.4 Å². The largest absolute Gasteiger partial charge is 0.312 e. The first-order chi connectivity index (χ1) is 12.4. The average molecular weight is 380 g/mol. The summed E-state index contributed by atoms with van der Waals surface area (Å²) in [6, 6.07) is 9.27. The van der Waals surface area contributed by atoms with E-state index in [9.17, 15) is 22.0 Å². The van der Waals surface area contributed by atoms with E-state index < -0.39 is 26.6 Å². The van der Waals surface area contributed by atoms with Gasteiger partial charge in [-0.05, 0) is 42.7 Å². The molecule has 0 bridgehead atoms. The van der Waals surface area contributed by atoms with Gasteiger partial charge in [0.05, 0.1) is 0 Å². The standard InChI is InChI=1S/C18H18F2N2O3S/c19-14-7-8-17(16(20)11-14)26(24,25)21-12-13-4-3-5-15(10-13)22-9-2-1-6-18(22)23/h3-5,7-8,10-11,21H,1-2,6,9,12H2. The molecule has 2 aromatic carbocycles. The van der Waals surface area contributed by atoms with Crippen LogP contribution >= 0.6 is 0 Å². The lowest BCUT2D eigenvalue weighted by Gasteiger charge is -2.27. The van der Waals surface area contributed by atoms with Crippen LogP contribution in [0.3, 0.4) is 0 Å². The van der Waals surface area contributed by atoms with Crippen molar-refractivity contribution in [1.82, 2.24) is 4.72 Å². The first kappa shape index (κ1) is 18.5. The van der Waals surface area contributed by atoms with E-state index in [0.29, 0.717) is 30.3 Å². The van der Waals surface area contributed by atoms with E-state index in [0.717, 1.165) is 25.0 Å². The van der Waals surface area contributed by atoms with E-state index in [2.05, 4.69) is 4.72 Å². The highest BCUT2D eigenvalue weighted by Crippen LogP contribution is 2.22. The summed E-state index contributed by atoms with van der Waals surface area (Å²) in [7, 11) is -4.13. The van der Waals surface area contributed by atoms with Gasteiger partial charge in [-0.2, -0.15) is 0 Å². The molecule has 1 aliphatic rings. The first-order valence-electron chi connectivity index (χ1n) is 8.21. The minimum atomic E-state index is -4.13. The van der Waals surface area contributed by atoms with Gasteiger partial charge >= 0.3 is 0 Å². The molecule has 0 atom stereocenters. The van der Waals surface area contributed by atoms with Crippen molar-refractivity contribution in [3.8, 4) is 0 Å². The molecule has 1 amide bonds. The van der Waals surface area contributed by atoms with Crippen molar-refractivity contribution in [3.63, 3.8) is 0 Å². The van der Waals surface area contributed by atoms with Gasteiger partial charge < -0.3 is 4.90 Å². The first-order valence-corrected chi connectivity index (χ1v) is 9.69. The third-order valence-electron chi connectivity index (χ3n) is 4.20. The molecule has 1 saturated heterocycles. The number of halogens is 2. The summed E-state index contributed by atoms with van der Waals surface area (Å²) >= 11 is 0. The molecular formula is C18H18F2N2O3S. The number of amides is 1. The molecule has 138 valence electrons. The lowest BCUT2D eigenvalue weighted by Crippen LogP contribution is -2.35. The van der Waals surface area contributed by atoms with E-state index in [1.54, 1.807) is 29.2 Å². The lowest BCUT2D eigenvalue weighted by atomic mass is 10.1.